The fourth-order valence-corrected chi connectivity index (χ4v) is 4.35. The maximum absolute atomic E-state index is 13.4. The van der Waals surface area contributed by atoms with Crippen molar-refractivity contribution in [1.82, 2.24) is 30.2 Å². The summed E-state index contributed by atoms with van der Waals surface area (Å²) in [5.41, 5.74) is 4.81. The Hall–Kier alpha value is -4.43. The van der Waals surface area contributed by atoms with Crippen molar-refractivity contribution in [3.8, 4) is 22.5 Å². The molecular weight excluding hydrogens is 488 g/mol. The molecular formula is C28H23ClN6O2. The van der Waals surface area contributed by atoms with Crippen LogP contribution in [0.4, 0.5) is 0 Å². The molecule has 0 aliphatic carbocycles. The Morgan fingerprint density at radius 1 is 0.892 bits per heavy atom. The summed E-state index contributed by atoms with van der Waals surface area (Å²) in [6, 6.07) is 18.8. The first kappa shape index (κ1) is 24.3. The molecule has 0 fully saturated rings. The van der Waals surface area contributed by atoms with Gasteiger partial charge in [0.05, 0.1) is 11.4 Å². The van der Waals surface area contributed by atoms with Crippen molar-refractivity contribution < 1.29 is 4.79 Å². The monoisotopic (exact) mass is 510 g/mol. The van der Waals surface area contributed by atoms with Gasteiger partial charge in [-0.1, -0.05) is 48.0 Å². The molecule has 0 saturated carbocycles. The molecule has 1 amide bonds. The van der Waals surface area contributed by atoms with E-state index in [9.17, 15) is 9.59 Å². The Kier molecular flexibility index (Phi) is 6.74. The van der Waals surface area contributed by atoms with Gasteiger partial charge < -0.3 is 10.3 Å². The van der Waals surface area contributed by atoms with Gasteiger partial charge in [-0.2, -0.15) is 0 Å². The van der Waals surface area contributed by atoms with E-state index in [2.05, 4.69) is 20.3 Å². The minimum absolute atomic E-state index is 0.0404. The molecule has 5 rings (SSSR count). The lowest BCUT2D eigenvalue weighted by Crippen LogP contribution is -2.31. The molecule has 184 valence electrons. The molecule has 8 nitrogen and oxygen atoms in total. The van der Waals surface area contributed by atoms with Gasteiger partial charge in [0, 0.05) is 47.4 Å². The highest BCUT2D eigenvalue weighted by molar-refractivity contribution is 6.29. The first-order valence-corrected chi connectivity index (χ1v) is 12.1. The van der Waals surface area contributed by atoms with Gasteiger partial charge in [-0.15, -0.1) is 0 Å². The van der Waals surface area contributed by atoms with Crippen LogP contribution in [0.2, 0.25) is 5.15 Å². The fraction of sp³-hybridized carbons (Fsp3) is 0.143. The Balaban J connectivity index is 1.54. The second-order valence-corrected chi connectivity index (χ2v) is 9.00. The molecule has 37 heavy (non-hydrogen) atoms. The number of hydrogen-bond acceptors (Lipinski definition) is 6. The first-order chi connectivity index (χ1) is 17.9. The van der Waals surface area contributed by atoms with Crippen LogP contribution in [-0.4, -0.2) is 37.4 Å². The summed E-state index contributed by atoms with van der Waals surface area (Å²) in [5.74, 6) is -0.492. The lowest BCUT2D eigenvalue weighted by Gasteiger charge is -2.12. The number of carbonyl (C=O) groups excluding carboxylic acids is 1. The van der Waals surface area contributed by atoms with E-state index in [0.717, 1.165) is 17.0 Å². The molecule has 5 aromatic rings. The second kappa shape index (κ2) is 10.3. The molecule has 0 unspecified atom stereocenters. The molecule has 0 saturated heterocycles. The largest absolute Gasteiger partial charge is 0.351 e. The van der Waals surface area contributed by atoms with E-state index in [0.29, 0.717) is 40.8 Å². The van der Waals surface area contributed by atoms with Crippen molar-refractivity contribution in [2.24, 2.45) is 0 Å². The number of benzene rings is 1. The second-order valence-electron chi connectivity index (χ2n) is 8.61. The van der Waals surface area contributed by atoms with Gasteiger partial charge in [-0.05, 0) is 38.1 Å². The zero-order valence-electron chi connectivity index (χ0n) is 20.2. The van der Waals surface area contributed by atoms with Crippen molar-refractivity contribution in [1.29, 1.82) is 0 Å². The predicted octanol–water partition coefficient (Wildman–Crippen LogP) is 4.68. The van der Waals surface area contributed by atoms with E-state index in [1.807, 2.05) is 68.4 Å². The molecule has 0 aliphatic rings. The summed E-state index contributed by atoms with van der Waals surface area (Å²) in [7, 11) is 0. The maximum atomic E-state index is 13.4. The summed E-state index contributed by atoms with van der Waals surface area (Å²) in [4.78, 5) is 47.3. The summed E-state index contributed by atoms with van der Waals surface area (Å²) in [5, 5.41) is 3.10. The number of H-pyrrole nitrogens is 1. The van der Waals surface area contributed by atoms with Gasteiger partial charge in [0.15, 0.2) is 11.2 Å². The third kappa shape index (κ3) is 5.24. The molecule has 4 aromatic heterocycles. The number of nitrogens with zero attached hydrogens (tertiary/aromatic N) is 4. The van der Waals surface area contributed by atoms with Crippen LogP contribution in [0, 0.1) is 13.8 Å². The summed E-state index contributed by atoms with van der Waals surface area (Å²) < 4.78 is 0. The van der Waals surface area contributed by atoms with Crippen LogP contribution >= 0.6 is 11.6 Å². The highest BCUT2D eigenvalue weighted by atomic mass is 35.5. The number of aromatic nitrogens is 5. The normalized spacial score (nSPS) is 11.0. The highest BCUT2D eigenvalue weighted by Gasteiger charge is 2.19. The highest BCUT2D eigenvalue weighted by Crippen LogP contribution is 2.31. The zero-order chi connectivity index (χ0) is 25.9. The van der Waals surface area contributed by atoms with Crippen LogP contribution in [0.15, 0.2) is 71.7 Å². The van der Waals surface area contributed by atoms with Gasteiger partial charge in [-0.3, -0.25) is 14.6 Å². The van der Waals surface area contributed by atoms with Gasteiger partial charge in [0.25, 0.3) is 5.91 Å². The van der Waals surface area contributed by atoms with E-state index in [4.69, 9.17) is 21.6 Å². The van der Waals surface area contributed by atoms with Gasteiger partial charge >= 0.3 is 0 Å². The third-order valence-electron chi connectivity index (χ3n) is 5.81. The van der Waals surface area contributed by atoms with Crippen LogP contribution < -0.4 is 10.7 Å². The number of halogens is 1. The predicted molar refractivity (Wildman–Crippen MR) is 144 cm³/mol. The number of pyridine rings is 3. The van der Waals surface area contributed by atoms with E-state index in [1.165, 1.54) is 6.20 Å². The number of fused-ring (bicyclic) bond motifs is 1. The minimum Gasteiger partial charge on any atom is -0.351 e. The quantitative estimate of drug-likeness (QED) is 0.320. The number of amides is 1. The summed E-state index contributed by atoms with van der Waals surface area (Å²) in [6.45, 7) is 4.08. The molecule has 0 aliphatic heterocycles. The Labute approximate surface area is 217 Å². The van der Waals surface area contributed by atoms with E-state index in [1.54, 1.807) is 6.07 Å². The minimum atomic E-state index is -0.509. The van der Waals surface area contributed by atoms with Crippen molar-refractivity contribution in [3.63, 3.8) is 0 Å². The third-order valence-corrected chi connectivity index (χ3v) is 6.00. The van der Waals surface area contributed by atoms with Crippen LogP contribution in [0.1, 0.15) is 27.4 Å². The van der Waals surface area contributed by atoms with Crippen molar-refractivity contribution >= 4 is 28.7 Å². The Morgan fingerprint density at radius 3 is 2.43 bits per heavy atom. The van der Waals surface area contributed by atoms with Crippen LogP contribution in [0.5, 0.6) is 0 Å². The summed E-state index contributed by atoms with van der Waals surface area (Å²) in [6.07, 6.45) is 1.92. The van der Waals surface area contributed by atoms with Crippen molar-refractivity contribution in [2.75, 3.05) is 6.54 Å². The van der Waals surface area contributed by atoms with Crippen LogP contribution in [0.25, 0.3) is 33.7 Å². The van der Waals surface area contributed by atoms with E-state index in [-0.39, 0.29) is 16.7 Å². The number of carbonyl (C=O) groups is 1. The summed E-state index contributed by atoms with van der Waals surface area (Å²) >= 11 is 6.23. The molecule has 0 atom stereocenters. The maximum Gasteiger partial charge on any atom is 0.256 e. The van der Waals surface area contributed by atoms with Crippen molar-refractivity contribution in [3.05, 3.63) is 105 Å². The molecule has 0 spiro atoms. The topological polar surface area (TPSA) is 114 Å². The molecule has 4 heterocycles. The SMILES string of the molecule is Cc1cc(-c2nc3c(=O)c(C(=O)NCCc4cccc(C)n4)c[nH]c3nc2-c2ccccc2)cc(Cl)n1. The zero-order valence-corrected chi connectivity index (χ0v) is 21.0. The molecule has 1 aromatic carbocycles. The van der Waals surface area contributed by atoms with Crippen LogP contribution in [0.3, 0.4) is 0 Å². The van der Waals surface area contributed by atoms with Gasteiger partial charge in [-0.25, -0.2) is 15.0 Å². The number of nitrogens with one attached hydrogen (secondary N) is 2. The fourth-order valence-electron chi connectivity index (χ4n) is 4.10. The molecule has 0 bridgehead atoms. The van der Waals surface area contributed by atoms with Gasteiger partial charge in [0.1, 0.15) is 10.7 Å². The van der Waals surface area contributed by atoms with E-state index < -0.39 is 11.3 Å². The molecule has 9 heteroatoms. The molecule has 0 radical (unpaired) electrons. The number of aromatic amines is 1. The number of rotatable bonds is 6. The standard InChI is InChI=1S/C28H23ClN6O2/c1-16-7-6-10-20(32-16)11-12-30-28(37)21-15-31-27-25(26(21)36)34-24(19-13-17(2)33-22(29)14-19)23(35-27)18-8-4-3-5-9-18/h3-10,13-15H,11-12H2,1-2H3,(H,30,37)(H,31,35,36). The van der Waals surface area contributed by atoms with Crippen LogP contribution in [-0.2, 0) is 6.42 Å². The van der Waals surface area contributed by atoms with Crippen molar-refractivity contribution in [2.45, 2.75) is 20.3 Å². The smallest absolute Gasteiger partial charge is 0.256 e. The Morgan fingerprint density at radius 2 is 1.68 bits per heavy atom. The average Bonchev–Trinajstić information content (AvgIpc) is 2.88. The Bertz CT molecular complexity index is 1660. The lowest BCUT2D eigenvalue weighted by molar-refractivity contribution is 0.0953. The number of hydrogen-bond donors (Lipinski definition) is 2. The lowest BCUT2D eigenvalue weighted by atomic mass is 10.0. The van der Waals surface area contributed by atoms with Gasteiger partial charge in [0.2, 0.25) is 5.43 Å². The first-order valence-electron chi connectivity index (χ1n) is 11.7. The van der Waals surface area contributed by atoms with E-state index >= 15 is 0 Å². The molecule has 2 N–H and O–H groups in total. The number of aryl methyl sites for hydroxylation is 2. The average molecular weight is 511 g/mol.